The zero-order chi connectivity index (χ0) is 83.6. The molecule has 0 amide bonds. The van der Waals surface area contributed by atoms with Crippen LogP contribution < -0.4 is 0 Å². The first kappa shape index (κ1) is 75.8. The third kappa shape index (κ3) is 13.9. The molecule has 0 atom stereocenters. The molecule has 25 aromatic rings. The molecule has 0 fully saturated rings. The predicted molar refractivity (Wildman–Crippen MR) is 545 cm³/mol. The van der Waals surface area contributed by atoms with Crippen molar-refractivity contribution in [3.8, 4) is 100 Å². The largest absolute Gasteiger partial charge is 0.0622 e. The fourth-order valence-corrected chi connectivity index (χ4v) is 19.9. The highest BCUT2D eigenvalue weighted by Gasteiger charge is 2.23. The molecule has 0 heterocycles. The number of hydrogen-bond acceptors (Lipinski definition) is 0. The number of benzene rings is 25. The van der Waals surface area contributed by atoms with Crippen LogP contribution in [0.4, 0.5) is 0 Å². The van der Waals surface area contributed by atoms with Crippen LogP contribution in [0.25, 0.3) is 229 Å². The summed E-state index contributed by atoms with van der Waals surface area (Å²) in [6.45, 7) is 0. The Hall–Kier alpha value is -16.4. The fraction of sp³-hybridized carbons (Fsp3) is 0. The molecule has 0 nitrogen and oxygen atoms in total. The van der Waals surface area contributed by atoms with E-state index in [9.17, 15) is 0 Å². The van der Waals surface area contributed by atoms with Crippen molar-refractivity contribution in [2.24, 2.45) is 0 Å². The van der Waals surface area contributed by atoms with E-state index in [4.69, 9.17) is 0 Å². The Bertz CT molecular complexity index is 8070. The van der Waals surface area contributed by atoms with E-state index in [0.717, 1.165) is 0 Å². The summed E-state index contributed by atoms with van der Waals surface area (Å²) in [6.07, 6.45) is 0. The average molecular weight is 1600 g/mol. The van der Waals surface area contributed by atoms with Gasteiger partial charge in [0.2, 0.25) is 0 Å². The molecule has 588 valence electrons. The third-order valence-electron chi connectivity index (χ3n) is 25.4. The molecule has 0 aliphatic rings. The van der Waals surface area contributed by atoms with Gasteiger partial charge < -0.3 is 0 Å². The molecule has 126 heavy (non-hydrogen) atoms. The summed E-state index contributed by atoms with van der Waals surface area (Å²) in [7, 11) is 0. The van der Waals surface area contributed by atoms with E-state index in [1.165, 1.54) is 229 Å². The lowest BCUT2D eigenvalue weighted by Crippen LogP contribution is -1.92. The van der Waals surface area contributed by atoms with E-state index in [-0.39, 0.29) is 0 Å². The standard InChI is InChI=1S/C36H24.C34H22.C30H20.C26H18/c1-2-12-27(13-3-1)35-31-16-6-8-18-33(31)36(34-19-9-7-17-32(34)35)28-23-21-26(22-24-28)30-20-10-14-25-11-4-5-15-29(25)30;1-2-12-23(13-3-1)33-28-18-8-10-20-30(28)34(31-21-11-9-19-29(31)33)32-22-24-14-4-5-15-25(24)26-16-6-7-17-27(26)32;1-2-11-22(12-3-1)29-25-14-6-8-16-27(25)30(28-17-9-7-15-26(28)29)24-19-18-21-10-4-5-13-23(21)20-24;1-3-11-19(12-4-1)25-21-15-7-9-17-23(21)26(20-13-5-2-6-14-20)24-18-10-8-16-22(24)25/h1-24H;1-22H;1-20H;1-18H. The van der Waals surface area contributed by atoms with Crippen LogP contribution in [0.1, 0.15) is 0 Å². The lowest BCUT2D eigenvalue weighted by atomic mass is 9.84. The Labute approximate surface area is 733 Å². The number of fused-ring (bicyclic) bond motifs is 13. The Morgan fingerprint density at radius 1 is 0.0794 bits per heavy atom. The first-order valence-electron chi connectivity index (χ1n) is 43.6. The van der Waals surface area contributed by atoms with Crippen molar-refractivity contribution in [1.29, 1.82) is 0 Å². The minimum Gasteiger partial charge on any atom is -0.0622 e. The summed E-state index contributed by atoms with van der Waals surface area (Å²) >= 11 is 0. The summed E-state index contributed by atoms with van der Waals surface area (Å²) in [5, 5.41) is 31.0. The summed E-state index contributed by atoms with van der Waals surface area (Å²) in [6, 6.07) is 184. The maximum atomic E-state index is 2.38. The Morgan fingerprint density at radius 3 is 0.627 bits per heavy atom. The maximum Gasteiger partial charge on any atom is -0.00199 e. The molecule has 0 aromatic heterocycles. The highest BCUT2D eigenvalue weighted by Crippen LogP contribution is 2.51. The van der Waals surface area contributed by atoms with E-state index in [0.29, 0.717) is 0 Å². The normalized spacial score (nSPS) is 11.3. The highest BCUT2D eigenvalue weighted by atomic mass is 14.3. The smallest absolute Gasteiger partial charge is 0.00199 e. The van der Waals surface area contributed by atoms with E-state index in [1.807, 2.05) is 0 Å². The van der Waals surface area contributed by atoms with Crippen LogP contribution in [0.3, 0.4) is 0 Å². The van der Waals surface area contributed by atoms with E-state index in [1.54, 1.807) is 0 Å². The van der Waals surface area contributed by atoms with Gasteiger partial charge in [-0.25, -0.2) is 0 Å². The van der Waals surface area contributed by atoms with Gasteiger partial charge in [-0.15, -0.1) is 0 Å². The van der Waals surface area contributed by atoms with Crippen molar-refractivity contribution in [2.75, 3.05) is 0 Å². The molecular weight excluding hydrogens is 1510 g/mol. The second-order valence-electron chi connectivity index (χ2n) is 32.6. The quantitative estimate of drug-likeness (QED) is 0.0998. The molecule has 0 saturated heterocycles. The van der Waals surface area contributed by atoms with Gasteiger partial charge in [0.15, 0.2) is 0 Å². The van der Waals surface area contributed by atoms with E-state index >= 15 is 0 Å². The molecule has 25 rings (SSSR count). The van der Waals surface area contributed by atoms with Gasteiger partial charge in [0.1, 0.15) is 0 Å². The fourth-order valence-electron chi connectivity index (χ4n) is 19.9. The molecular formula is C126H84. The van der Waals surface area contributed by atoms with Gasteiger partial charge in [0.05, 0.1) is 0 Å². The molecule has 0 radical (unpaired) electrons. The molecule has 0 heteroatoms. The molecule has 0 unspecified atom stereocenters. The monoisotopic (exact) mass is 1600 g/mol. The molecule has 25 aromatic carbocycles. The first-order valence-corrected chi connectivity index (χ1v) is 43.6. The lowest BCUT2D eigenvalue weighted by Gasteiger charge is -2.19. The average Bonchev–Trinajstić information content (AvgIpc) is 0.740. The summed E-state index contributed by atoms with van der Waals surface area (Å²) in [5.74, 6) is 0. The van der Waals surface area contributed by atoms with Crippen LogP contribution in [-0.4, -0.2) is 0 Å². The highest BCUT2D eigenvalue weighted by molar-refractivity contribution is 6.28. The van der Waals surface area contributed by atoms with Crippen LogP contribution in [-0.2, 0) is 0 Å². The topological polar surface area (TPSA) is 0 Å². The van der Waals surface area contributed by atoms with E-state index < -0.39 is 0 Å². The minimum absolute atomic E-state index is 1.24. The molecule has 0 spiro atoms. The zero-order valence-electron chi connectivity index (χ0n) is 69.5. The van der Waals surface area contributed by atoms with Crippen LogP contribution >= 0.6 is 0 Å². The van der Waals surface area contributed by atoms with Gasteiger partial charge in [-0.3, -0.25) is 0 Å². The van der Waals surface area contributed by atoms with Crippen molar-refractivity contribution in [3.63, 3.8) is 0 Å². The maximum absolute atomic E-state index is 2.38. The summed E-state index contributed by atoms with van der Waals surface area (Å²) < 4.78 is 0. The Kier molecular flexibility index (Phi) is 20.2. The molecule has 0 N–H and O–H groups in total. The van der Waals surface area contributed by atoms with Gasteiger partial charge in [0, 0.05) is 0 Å². The Balaban J connectivity index is 0.000000100. The van der Waals surface area contributed by atoms with Gasteiger partial charge in [-0.2, -0.15) is 0 Å². The minimum atomic E-state index is 1.24. The van der Waals surface area contributed by atoms with Crippen molar-refractivity contribution >= 4 is 129 Å². The number of hydrogen-bond donors (Lipinski definition) is 0. The molecule has 0 bridgehead atoms. The van der Waals surface area contributed by atoms with Gasteiger partial charge in [0.25, 0.3) is 0 Å². The molecule has 0 aliphatic heterocycles. The van der Waals surface area contributed by atoms with Gasteiger partial charge >= 0.3 is 0 Å². The van der Waals surface area contributed by atoms with E-state index in [2.05, 4.69) is 510 Å². The molecule has 0 saturated carbocycles. The first-order chi connectivity index (χ1) is 62.6. The second-order valence-corrected chi connectivity index (χ2v) is 32.6. The second kappa shape index (κ2) is 33.6. The Morgan fingerprint density at radius 2 is 0.294 bits per heavy atom. The van der Waals surface area contributed by atoms with Crippen molar-refractivity contribution in [1.82, 2.24) is 0 Å². The summed E-state index contributed by atoms with van der Waals surface area (Å²) in [5.41, 5.74) is 23.1. The van der Waals surface area contributed by atoms with Crippen LogP contribution in [0, 0.1) is 0 Å². The number of rotatable bonds is 9. The third-order valence-corrected chi connectivity index (χ3v) is 25.4. The van der Waals surface area contributed by atoms with Crippen molar-refractivity contribution in [2.45, 2.75) is 0 Å². The van der Waals surface area contributed by atoms with Gasteiger partial charge in [-0.05, 0) is 242 Å². The SMILES string of the molecule is c1ccc(-c2c3ccccc3c(-c3cc4ccccc4c4ccccc34)c3ccccc23)cc1.c1ccc(-c2c3ccccc3c(-c3ccc(-c4cccc5ccccc45)cc3)c3ccccc23)cc1.c1ccc(-c2c3ccccc3c(-c3ccc4ccccc4c3)c3ccccc23)cc1.c1ccc(-c2c3ccccc3c(-c3ccccc3)c3ccccc23)cc1. The zero-order valence-corrected chi connectivity index (χ0v) is 69.5. The van der Waals surface area contributed by atoms with Crippen molar-refractivity contribution < 1.29 is 0 Å². The van der Waals surface area contributed by atoms with Crippen molar-refractivity contribution in [3.05, 3.63) is 510 Å². The van der Waals surface area contributed by atoms with Crippen LogP contribution in [0.5, 0.6) is 0 Å². The van der Waals surface area contributed by atoms with Crippen LogP contribution in [0.15, 0.2) is 510 Å². The van der Waals surface area contributed by atoms with Gasteiger partial charge in [-0.1, -0.05) is 497 Å². The predicted octanol–water partition coefficient (Wildman–Crippen LogP) is 35.6. The summed E-state index contributed by atoms with van der Waals surface area (Å²) in [4.78, 5) is 0. The van der Waals surface area contributed by atoms with Crippen LogP contribution in [0.2, 0.25) is 0 Å². The lowest BCUT2D eigenvalue weighted by molar-refractivity contribution is 1.63. The molecule has 0 aliphatic carbocycles.